The molecule has 1 aliphatic carbocycles. The second-order valence-electron chi connectivity index (χ2n) is 4.52. The molecule has 1 spiro atoms. The van der Waals surface area contributed by atoms with Crippen LogP contribution in [0.3, 0.4) is 0 Å². The number of nitrogens with one attached hydrogen (secondary N) is 2. The third-order valence-electron chi connectivity index (χ3n) is 3.42. The van der Waals surface area contributed by atoms with Crippen LogP contribution in [0.2, 0.25) is 0 Å². The number of carbonyl (C=O) groups is 3. The molecule has 0 aromatic carbocycles. The highest BCUT2D eigenvalue weighted by Gasteiger charge is 2.52. The van der Waals surface area contributed by atoms with Crippen molar-refractivity contribution in [1.29, 1.82) is 0 Å². The number of hydrazine groups is 1. The van der Waals surface area contributed by atoms with Crippen molar-refractivity contribution in [2.45, 2.75) is 37.6 Å². The summed E-state index contributed by atoms with van der Waals surface area (Å²) >= 11 is 0. The van der Waals surface area contributed by atoms with E-state index >= 15 is 0 Å². The van der Waals surface area contributed by atoms with Crippen LogP contribution in [0.15, 0.2) is 0 Å². The summed E-state index contributed by atoms with van der Waals surface area (Å²) < 4.78 is 0. The lowest BCUT2D eigenvalue weighted by molar-refractivity contribution is -0.151. The van der Waals surface area contributed by atoms with Crippen LogP contribution in [0.1, 0.15) is 32.1 Å². The zero-order valence-corrected chi connectivity index (χ0v) is 9.90. The molecule has 2 aliphatic rings. The predicted octanol–water partition coefficient (Wildman–Crippen LogP) is -0.837. The summed E-state index contributed by atoms with van der Waals surface area (Å²) in [7, 11) is 0. The third-order valence-corrected chi connectivity index (χ3v) is 3.42. The Morgan fingerprint density at radius 3 is 2.72 bits per heavy atom. The first kappa shape index (κ1) is 12.8. The first-order valence-electron chi connectivity index (χ1n) is 5.88. The number of imide groups is 1. The van der Waals surface area contributed by atoms with Crippen molar-refractivity contribution in [3.8, 4) is 0 Å². The van der Waals surface area contributed by atoms with Gasteiger partial charge in [-0.3, -0.25) is 14.5 Å². The number of nitrogens with zero attached hydrogens (tertiary/aromatic N) is 1. The van der Waals surface area contributed by atoms with Gasteiger partial charge in [0.05, 0.1) is 6.42 Å². The number of amides is 3. The number of rotatable bonds is 4. The van der Waals surface area contributed by atoms with Gasteiger partial charge in [0.25, 0.3) is 5.91 Å². The van der Waals surface area contributed by atoms with E-state index in [0.717, 1.165) is 17.7 Å². The lowest BCUT2D eigenvalue weighted by Gasteiger charge is -2.19. The summed E-state index contributed by atoms with van der Waals surface area (Å²) in [5.74, 6) is 3.95. The van der Waals surface area contributed by atoms with Crippen molar-refractivity contribution >= 4 is 17.9 Å². The van der Waals surface area contributed by atoms with Gasteiger partial charge in [-0.15, -0.1) is 0 Å². The predicted molar refractivity (Wildman–Crippen MR) is 59.5 cm³/mol. The number of carbonyl (C=O) groups excluding carboxylic acids is 3. The fraction of sp³-hybridized carbons (Fsp3) is 0.700. The van der Waals surface area contributed by atoms with Crippen LogP contribution in [0.25, 0.3) is 0 Å². The Balaban J connectivity index is 1.95. The minimum absolute atomic E-state index is 0.00687. The fourth-order valence-corrected chi connectivity index (χ4v) is 2.52. The minimum Gasteiger partial charge on any atom is -0.356 e. The van der Waals surface area contributed by atoms with E-state index in [2.05, 4.69) is 10.2 Å². The maximum Gasteiger partial charge on any atom is 0.328 e. The lowest BCUT2D eigenvalue weighted by atomic mass is 9.98. The van der Waals surface area contributed by atoms with E-state index in [1.165, 1.54) is 0 Å². The van der Waals surface area contributed by atoms with E-state index in [-0.39, 0.29) is 18.9 Å². The lowest BCUT2D eigenvalue weighted by Crippen LogP contribution is -2.44. The number of nitrogens with two attached hydrogens (primary N) is 1. The standard InChI is InChI=1S/C10H16N4O4/c11-13-18-7(15)3-6-14-8(16)10(12-9(14)17)4-1-2-5-10/h13H,1-6,11H2,(H,12,17). The zero-order valence-electron chi connectivity index (χ0n) is 9.90. The molecule has 18 heavy (non-hydrogen) atoms. The SMILES string of the molecule is NNOC(=O)CCN1C(=O)NC2(CCCC2)C1=O. The largest absolute Gasteiger partial charge is 0.356 e. The quantitative estimate of drug-likeness (QED) is 0.343. The molecule has 0 aromatic rings. The smallest absolute Gasteiger partial charge is 0.328 e. The molecule has 1 heterocycles. The monoisotopic (exact) mass is 256 g/mol. The average Bonchev–Trinajstić information content (AvgIpc) is 2.86. The molecule has 0 unspecified atom stereocenters. The molecule has 8 heteroatoms. The molecular weight excluding hydrogens is 240 g/mol. The molecule has 8 nitrogen and oxygen atoms in total. The maximum absolute atomic E-state index is 12.2. The molecule has 0 radical (unpaired) electrons. The Kier molecular flexibility index (Phi) is 3.48. The molecule has 0 bridgehead atoms. The number of hydrogen-bond donors (Lipinski definition) is 3. The molecule has 1 saturated carbocycles. The van der Waals surface area contributed by atoms with E-state index in [0.29, 0.717) is 12.8 Å². The van der Waals surface area contributed by atoms with Crippen LogP contribution in [0, 0.1) is 0 Å². The molecule has 0 aromatic heterocycles. The van der Waals surface area contributed by atoms with Gasteiger partial charge in [0, 0.05) is 6.54 Å². The van der Waals surface area contributed by atoms with E-state index in [1.807, 2.05) is 0 Å². The Morgan fingerprint density at radius 1 is 1.44 bits per heavy atom. The Bertz CT molecular complexity index is 378. The van der Waals surface area contributed by atoms with Crippen molar-refractivity contribution in [2.75, 3.05) is 6.54 Å². The molecule has 2 fully saturated rings. The van der Waals surface area contributed by atoms with Gasteiger partial charge in [-0.25, -0.2) is 10.6 Å². The highest BCUT2D eigenvalue weighted by molar-refractivity contribution is 6.07. The van der Waals surface area contributed by atoms with E-state index in [4.69, 9.17) is 5.84 Å². The van der Waals surface area contributed by atoms with Crippen molar-refractivity contribution in [1.82, 2.24) is 15.8 Å². The van der Waals surface area contributed by atoms with Gasteiger partial charge in [-0.1, -0.05) is 18.4 Å². The summed E-state index contributed by atoms with van der Waals surface area (Å²) in [6.07, 6.45) is 3.11. The van der Waals surface area contributed by atoms with Gasteiger partial charge >= 0.3 is 12.0 Å². The molecule has 100 valence electrons. The molecule has 0 atom stereocenters. The molecule has 4 N–H and O–H groups in total. The Hall–Kier alpha value is -1.67. The van der Waals surface area contributed by atoms with Gasteiger partial charge in [-0.2, -0.15) is 0 Å². The number of hydrogen-bond acceptors (Lipinski definition) is 6. The second-order valence-corrected chi connectivity index (χ2v) is 4.52. The van der Waals surface area contributed by atoms with Crippen molar-refractivity contribution in [2.24, 2.45) is 5.84 Å². The normalized spacial score (nSPS) is 21.5. The maximum atomic E-state index is 12.2. The summed E-state index contributed by atoms with van der Waals surface area (Å²) in [6.45, 7) is 0.00687. The highest BCUT2D eigenvalue weighted by Crippen LogP contribution is 2.34. The Labute approximate surface area is 104 Å². The minimum atomic E-state index is -0.729. The van der Waals surface area contributed by atoms with Crippen molar-refractivity contribution in [3.05, 3.63) is 0 Å². The van der Waals surface area contributed by atoms with Crippen LogP contribution in [-0.4, -0.2) is 34.9 Å². The van der Waals surface area contributed by atoms with E-state index < -0.39 is 17.5 Å². The van der Waals surface area contributed by atoms with Gasteiger partial charge < -0.3 is 10.2 Å². The summed E-state index contributed by atoms with van der Waals surface area (Å²) in [4.78, 5) is 40.4. The first-order valence-corrected chi connectivity index (χ1v) is 5.88. The van der Waals surface area contributed by atoms with Gasteiger partial charge in [0.1, 0.15) is 5.54 Å². The first-order chi connectivity index (χ1) is 8.59. The Morgan fingerprint density at radius 2 is 2.11 bits per heavy atom. The van der Waals surface area contributed by atoms with Crippen molar-refractivity contribution in [3.63, 3.8) is 0 Å². The second kappa shape index (κ2) is 4.91. The highest BCUT2D eigenvalue weighted by atomic mass is 16.7. The van der Waals surface area contributed by atoms with Crippen LogP contribution in [-0.2, 0) is 14.4 Å². The van der Waals surface area contributed by atoms with Crippen LogP contribution < -0.4 is 16.7 Å². The zero-order chi connectivity index (χ0) is 13.2. The molecule has 3 amide bonds. The van der Waals surface area contributed by atoms with Crippen LogP contribution in [0.4, 0.5) is 4.79 Å². The van der Waals surface area contributed by atoms with Gasteiger partial charge in [0.15, 0.2) is 0 Å². The summed E-state index contributed by atoms with van der Waals surface area (Å²) in [5.41, 5.74) is 1.03. The van der Waals surface area contributed by atoms with Crippen LogP contribution in [0.5, 0.6) is 0 Å². The summed E-state index contributed by atoms with van der Waals surface area (Å²) in [5, 5.41) is 2.73. The van der Waals surface area contributed by atoms with Gasteiger partial charge in [-0.05, 0) is 12.8 Å². The van der Waals surface area contributed by atoms with Crippen LogP contribution >= 0.6 is 0 Å². The fourth-order valence-electron chi connectivity index (χ4n) is 2.52. The number of urea groups is 1. The third kappa shape index (κ3) is 2.16. The molecular formula is C10H16N4O4. The van der Waals surface area contributed by atoms with Crippen molar-refractivity contribution < 1.29 is 19.2 Å². The molecule has 2 rings (SSSR count). The van der Waals surface area contributed by atoms with Gasteiger partial charge in [0.2, 0.25) is 0 Å². The molecule has 1 aliphatic heterocycles. The topological polar surface area (TPSA) is 114 Å². The molecule has 1 saturated heterocycles. The average molecular weight is 256 g/mol. The summed E-state index contributed by atoms with van der Waals surface area (Å²) in [6, 6.07) is -0.435. The van der Waals surface area contributed by atoms with E-state index in [9.17, 15) is 14.4 Å². The van der Waals surface area contributed by atoms with E-state index in [1.54, 1.807) is 5.59 Å².